The normalized spacial score (nSPS) is 10.7. The minimum absolute atomic E-state index is 0. The Hall–Kier alpha value is 0.210. The van der Waals surface area contributed by atoms with Crippen molar-refractivity contribution in [3.63, 3.8) is 0 Å². The molecule has 0 heterocycles. The quantitative estimate of drug-likeness (QED) is 0.548. The Labute approximate surface area is 96.6 Å². The van der Waals surface area contributed by atoms with Gasteiger partial charge in [0.25, 0.3) is 0 Å². The average molecular weight is 279 g/mol. The summed E-state index contributed by atoms with van der Waals surface area (Å²) < 4.78 is 0. The molecule has 82 valence electrons. The molecule has 0 radical (unpaired) electrons. The molecule has 0 atom stereocenters. The maximum absolute atomic E-state index is 10.6. The van der Waals surface area contributed by atoms with Gasteiger partial charge in [-0.25, -0.2) is 0 Å². The van der Waals surface area contributed by atoms with E-state index in [0.29, 0.717) is 0 Å². The van der Waals surface area contributed by atoms with Crippen LogP contribution in [0.15, 0.2) is 0 Å². The summed E-state index contributed by atoms with van der Waals surface area (Å²) in [5, 5.41) is 10.6. The van der Waals surface area contributed by atoms with E-state index in [1.807, 2.05) is 0 Å². The largest absolute Gasteiger partial charge is 1.00 e. The molecule has 0 saturated heterocycles. The Morgan fingerprint density at radius 1 is 1.23 bits per heavy atom. The molecule has 0 rings (SSSR count). The van der Waals surface area contributed by atoms with E-state index in [1.165, 1.54) is 12.8 Å². The molecule has 0 aliphatic rings. The summed E-state index contributed by atoms with van der Waals surface area (Å²) in [6, 6.07) is 0. The van der Waals surface area contributed by atoms with Crippen LogP contribution in [0.25, 0.3) is 0 Å². The van der Waals surface area contributed by atoms with Crippen LogP contribution in [0.1, 0.15) is 52.9 Å². The molecule has 0 N–H and O–H groups in total. The van der Waals surface area contributed by atoms with Gasteiger partial charge < -0.3 is 9.90 Å². The second-order valence-corrected chi connectivity index (χ2v) is 3.98. The topological polar surface area (TPSA) is 40.1 Å². The molecule has 3 heteroatoms. The zero-order valence-electron chi connectivity index (χ0n) is 8.65. The van der Waals surface area contributed by atoms with Crippen molar-refractivity contribution in [2.75, 3.05) is 0 Å². The summed E-state index contributed by atoms with van der Waals surface area (Å²) in [6.07, 6.45) is 5.24. The number of carboxylic acids is 1. The number of carbonyl (C=O) groups is 1. The molecule has 13 heavy (non-hydrogen) atoms. The van der Waals surface area contributed by atoms with Gasteiger partial charge >= 0.3 is 22.4 Å². The smallest absolute Gasteiger partial charge is 0.550 e. The predicted molar refractivity (Wildman–Crippen MR) is 47.5 cm³/mol. The number of hydrogen-bond acceptors (Lipinski definition) is 2. The van der Waals surface area contributed by atoms with Crippen LogP contribution in [0.4, 0.5) is 0 Å². The third-order valence-electron chi connectivity index (χ3n) is 2.21. The summed E-state index contributed by atoms with van der Waals surface area (Å²) in [5.41, 5.74) is -0.645. The van der Waals surface area contributed by atoms with E-state index in [9.17, 15) is 9.90 Å². The number of carbonyl (C=O) groups excluding carboxylic acids is 1. The Morgan fingerprint density at radius 3 is 2.15 bits per heavy atom. The standard InChI is InChI=1S/C10H20O2.Ag/c1-4-5-6-7-8-10(2,3)9(11)12;/h4-8H2,1-3H3,(H,11,12);/q;+1/p-1. The molecule has 0 amide bonds. The minimum atomic E-state index is -0.931. The molecule has 0 spiro atoms. The second-order valence-electron chi connectivity index (χ2n) is 3.98. The van der Waals surface area contributed by atoms with Gasteiger partial charge in [-0.15, -0.1) is 0 Å². The molecule has 0 bridgehead atoms. The maximum Gasteiger partial charge on any atom is 1.00 e. The molecule has 2 nitrogen and oxygen atoms in total. The monoisotopic (exact) mass is 278 g/mol. The van der Waals surface area contributed by atoms with Gasteiger partial charge in [-0.3, -0.25) is 0 Å². The van der Waals surface area contributed by atoms with Crippen LogP contribution in [0, 0.1) is 5.41 Å². The van der Waals surface area contributed by atoms with Crippen molar-refractivity contribution in [3.8, 4) is 0 Å². The van der Waals surface area contributed by atoms with Crippen molar-refractivity contribution in [1.82, 2.24) is 0 Å². The molecule has 0 unspecified atom stereocenters. The van der Waals surface area contributed by atoms with Crippen LogP contribution < -0.4 is 5.11 Å². The van der Waals surface area contributed by atoms with Crippen molar-refractivity contribution in [2.24, 2.45) is 5.41 Å². The van der Waals surface area contributed by atoms with Crippen molar-refractivity contribution < 1.29 is 32.3 Å². The Kier molecular flexibility index (Phi) is 9.16. The van der Waals surface area contributed by atoms with Crippen LogP contribution in [-0.2, 0) is 27.2 Å². The molecule has 0 aliphatic heterocycles. The third-order valence-corrected chi connectivity index (χ3v) is 2.21. The van der Waals surface area contributed by atoms with Gasteiger partial charge in [0.15, 0.2) is 0 Å². The molecule has 0 fully saturated rings. The fraction of sp³-hybridized carbons (Fsp3) is 0.900. The molecular weight excluding hydrogens is 260 g/mol. The molecular formula is C10H19AgO2. The summed E-state index contributed by atoms with van der Waals surface area (Å²) >= 11 is 0. The van der Waals surface area contributed by atoms with E-state index in [4.69, 9.17) is 0 Å². The first-order valence-electron chi connectivity index (χ1n) is 4.72. The molecule has 0 aliphatic carbocycles. The van der Waals surface area contributed by atoms with Gasteiger partial charge in [0, 0.05) is 11.4 Å². The molecule has 0 aromatic heterocycles. The zero-order chi connectivity index (χ0) is 9.61. The summed E-state index contributed by atoms with van der Waals surface area (Å²) in [6.45, 7) is 5.60. The van der Waals surface area contributed by atoms with Crippen molar-refractivity contribution in [2.45, 2.75) is 52.9 Å². The first kappa shape index (κ1) is 15.7. The zero-order valence-corrected chi connectivity index (χ0v) is 10.1. The van der Waals surface area contributed by atoms with Gasteiger partial charge in [0.05, 0.1) is 0 Å². The van der Waals surface area contributed by atoms with Gasteiger partial charge in [0.1, 0.15) is 0 Å². The maximum atomic E-state index is 10.6. The number of carboxylic acid groups (broad SMARTS) is 1. The number of unbranched alkanes of at least 4 members (excludes halogenated alkanes) is 3. The SMILES string of the molecule is CCCCCCC(C)(C)C(=O)[O-].[Ag+]. The Bertz CT molecular complexity index is 144. The van der Waals surface area contributed by atoms with E-state index < -0.39 is 11.4 Å². The van der Waals surface area contributed by atoms with Crippen LogP contribution in [0.5, 0.6) is 0 Å². The van der Waals surface area contributed by atoms with Crippen molar-refractivity contribution >= 4 is 5.97 Å². The Morgan fingerprint density at radius 2 is 1.77 bits per heavy atom. The fourth-order valence-corrected chi connectivity index (χ4v) is 1.10. The van der Waals surface area contributed by atoms with Crippen LogP contribution in [0.3, 0.4) is 0 Å². The van der Waals surface area contributed by atoms with E-state index in [1.54, 1.807) is 13.8 Å². The number of rotatable bonds is 6. The average Bonchev–Trinajstić information content (AvgIpc) is 1.98. The van der Waals surface area contributed by atoms with Crippen LogP contribution >= 0.6 is 0 Å². The first-order chi connectivity index (χ1) is 5.50. The predicted octanol–water partition coefficient (Wildman–Crippen LogP) is 1.73. The van der Waals surface area contributed by atoms with Gasteiger partial charge in [0.2, 0.25) is 0 Å². The number of hydrogen-bond donors (Lipinski definition) is 0. The second kappa shape index (κ2) is 7.60. The van der Waals surface area contributed by atoms with E-state index in [0.717, 1.165) is 19.3 Å². The van der Waals surface area contributed by atoms with E-state index in [2.05, 4.69) is 6.92 Å². The fourth-order valence-electron chi connectivity index (χ4n) is 1.10. The minimum Gasteiger partial charge on any atom is -0.550 e. The van der Waals surface area contributed by atoms with Gasteiger partial charge in [-0.2, -0.15) is 0 Å². The third kappa shape index (κ3) is 7.29. The van der Waals surface area contributed by atoms with Crippen LogP contribution in [-0.4, -0.2) is 5.97 Å². The van der Waals surface area contributed by atoms with Crippen molar-refractivity contribution in [3.05, 3.63) is 0 Å². The van der Waals surface area contributed by atoms with Gasteiger partial charge in [-0.1, -0.05) is 46.5 Å². The summed E-state index contributed by atoms with van der Waals surface area (Å²) in [4.78, 5) is 10.6. The number of aliphatic carboxylic acids is 1. The van der Waals surface area contributed by atoms with Crippen LogP contribution in [0.2, 0.25) is 0 Å². The van der Waals surface area contributed by atoms with E-state index in [-0.39, 0.29) is 22.4 Å². The van der Waals surface area contributed by atoms with E-state index >= 15 is 0 Å². The molecule has 0 aromatic rings. The summed E-state index contributed by atoms with van der Waals surface area (Å²) in [7, 11) is 0. The van der Waals surface area contributed by atoms with Crippen molar-refractivity contribution in [1.29, 1.82) is 0 Å². The molecule has 0 saturated carbocycles. The first-order valence-corrected chi connectivity index (χ1v) is 4.72. The Balaban J connectivity index is 0. The molecule has 0 aromatic carbocycles. The summed E-state index contributed by atoms with van der Waals surface area (Å²) in [5.74, 6) is -0.931. The van der Waals surface area contributed by atoms with Gasteiger partial charge in [-0.05, 0) is 6.42 Å².